The van der Waals surface area contributed by atoms with E-state index in [-0.39, 0.29) is 23.2 Å². The van der Waals surface area contributed by atoms with E-state index in [2.05, 4.69) is 28.0 Å². The second kappa shape index (κ2) is 10.2. The van der Waals surface area contributed by atoms with Gasteiger partial charge in [-0.15, -0.1) is 0 Å². The van der Waals surface area contributed by atoms with E-state index in [9.17, 15) is 14.7 Å². The highest BCUT2D eigenvalue weighted by molar-refractivity contribution is 5.77. The van der Waals surface area contributed by atoms with Gasteiger partial charge in [0.1, 0.15) is 0 Å². The van der Waals surface area contributed by atoms with Gasteiger partial charge in [-0.1, -0.05) is 36.4 Å². The number of aliphatic hydroxyl groups is 1. The highest BCUT2D eigenvalue weighted by Gasteiger charge is 2.41. The molecule has 1 aromatic heterocycles. The van der Waals surface area contributed by atoms with Gasteiger partial charge in [-0.05, 0) is 49.1 Å². The first-order chi connectivity index (χ1) is 18.0. The van der Waals surface area contributed by atoms with Crippen LogP contribution in [0.5, 0.6) is 0 Å². The van der Waals surface area contributed by atoms with Crippen LogP contribution in [0.25, 0.3) is 10.9 Å². The molecule has 2 atom stereocenters. The van der Waals surface area contributed by atoms with Crippen LogP contribution < -0.4 is 11.2 Å². The van der Waals surface area contributed by atoms with Crippen molar-refractivity contribution in [1.29, 1.82) is 0 Å². The monoisotopic (exact) mass is 504 g/mol. The minimum atomic E-state index is -0.814. The van der Waals surface area contributed by atoms with Crippen LogP contribution in [0.3, 0.4) is 0 Å². The molecule has 2 saturated heterocycles. The van der Waals surface area contributed by atoms with Crippen LogP contribution in [-0.2, 0) is 30.8 Å². The zero-order chi connectivity index (χ0) is 25.4. The molecule has 2 unspecified atom stereocenters. The summed E-state index contributed by atoms with van der Waals surface area (Å²) in [5, 5.41) is 11.5. The maximum Gasteiger partial charge on any atom is 0.331 e. The lowest BCUT2D eigenvalue weighted by Crippen LogP contribution is -2.46. The summed E-state index contributed by atoms with van der Waals surface area (Å²) in [7, 11) is 0. The highest BCUT2D eigenvalue weighted by atomic mass is 16.5. The summed E-state index contributed by atoms with van der Waals surface area (Å²) in [6, 6.07) is 15.7. The molecule has 0 radical (unpaired) electrons. The molecule has 4 heterocycles. The first-order valence-electron chi connectivity index (χ1n) is 13.5. The fraction of sp³-hybridized carbons (Fsp3) is 0.517. The highest BCUT2D eigenvalue weighted by Crippen LogP contribution is 2.38. The van der Waals surface area contributed by atoms with E-state index in [1.54, 1.807) is 10.6 Å². The van der Waals surface area contributed by atoms with Crippen LogP contribution >= 0.6 is 0 Å². The number of nitrogens with zero attached hydrogens (tertiary/aromatic N) is 4. The molecule has 37 heavy (non-hydrogen) atoms. The standard InChI is InChI=1S/C29H36N4O4/c34-24(18-31-12-9-22-5-1-2-6-23(22)17-31)19-33-27(35)25-7-3-4-8-26(25)32(28(33)36)15-14-30-13-10-29(20-30)11-16-37-21-29/h1-8,24,34H,9-21H2. The van der Waals surface area contributed by atoms with Gasteiger partial charge in [0.2, 0.25) is 0 Å². The van der Waals surface area contributed by atoms with E-state index in [0.29, 0.717) is 24.0 Å². The quantitative estimate of drug-likeness (QED) is 0.528. The molecule has 8 nitrogen and oxygen atoms in total. The third-order valence-corrected chi connectivity index (χ3v) is 8.55. The van der Waals surface area contributed by atoms with Crippen molar-refractivity contribution in [3.8, 4) is 0 Å². The summed E-state index contributed by atoms with van der Waals surface area (Å²) >= 11 is 0. The molecule has 3 aliphatic rings. The number of ether oxygens (including phenoxy) is 1. The van der Waals surface area contributed by atoms with Gasteiger partial charge in [-0.3, -0.25) is 18.8 Å². The van der Waals surface area contributed by atoms with Crippen molar-refractivity contribution in [2.75, 3.05) is 45.9 Å². The zero-order valence-electron chi connectivity index (χ0n) is 21.3. The number of fused-ring (bicyclic) bond motifs is 2. The molecule has 6 rings (SSSR count). The lowest BCUT2D eigenvalue weighted by Gasteiger charge is -2.30. The Hall–Kier alpha value is -2.78. The molecular formula is C29H36N4O4. The van der Waals surface area contributed by atoms with Gasteiger partial charge in [0, 0.05) is 51.3 Å². The van der Waals surface area contributed by atoms with Crippen molar-refractivity contribution in [3.63, 3.8) is 0 Å². The molecule has 196 valence electrons. The molecule has 0 amide bonds. The maximum atomic E-state index is 13.6. The number of hydrogen-bond acceptors (Lipinski definition) is 6. The fourth-order valence-electron chi connectivity index (χ4n) is 6.46. The average Bonchev–Trinajstić information content (AvgIpc) is 3.55. The van der Waals surface area contributed by atoms with Crippen molar-refractivity contribution in [2.45, 2.75) is 45.0 Å². The van der Waals surface area contributed by atoms with Crippen molar-refractivity contribution < 1.29 is 9.84 Å². The summed E-state index contributed by atoms with van der Waals surface area (Å²) in [6.45, 7) is 6.97. The van der Waals surface area contributed by atoms with Gasteiger partial charge >= 0.3 is 5.69 Å². The summed E-state index contributed by atoms with van der Waals surface area (Å²) in [5.74, 6) is 0. The van der Waals surface area contributed by atoms with E-state index < -0.39 is 6.10 Å². The molecular weight excluding hydrogens is 468 g/mol. The molecule has 0 saturated carbocycles. The minimum absolute atomic E-state index is 0.00912. The number of aliphatic hydroxyl groups excluding tert-OH is 1. The molecule has 8 heteroatoms. The third kappa shape index (κ3) is 4.91. The molecule has 0 aliphatic carbocycles. The number of para-hydroxylation sites is 1. The molecule has 0 bridgehead atoms. The summed E-state index contributed by atoms with van der Waals surface area (Å²) < 4.78 is 8.62. The Morgan fingerprint density at radius 1 is 0.892 bits per heavy atom. The number of rotatable bonds is 7. The van der Waals surface area contributed by atoms with E-state index in [1.807, 2.05) is 24.3 Å². The summed E-state index contributed by atoms with van der Waals surface area (Å²) in [6.07, 6.45) is 2.37. The van der Waals surface area contributed by atoms with Gasteiger partial charge < -0.3 is 14.7 Å². The Morgan fingerprint density at radius 3 is 2.54 bits per heavy atom. The summed E-state index contributed by atoms with van der Waals surface area (Å²) in [4.78, 5) is 31.5. The molecule has 1 N–H and O–H groups in total. The lowest BCUT2D eigenvalue weighted by molar-refractivity contribution is 0.0896. The molecule has 3 aliphatic heterocycles. The fourth-order valence-corrected chi connectivity index (χ4v) is 6.46. The Kier molecular flexibility index (Phi) is 6.75. The molecule has 3 aromatic rings. The van der Waals surface area contributed by atoms with Gasteiger partial charge in [0.15, 0.2) is 0 Å². The van der Waals surface area contributed by atoms with Crippen molar-refractivity contribution in [1.82, 2.24) is 18.9 Å². The molecule has 2 fully saturated rings. The Morgan fingerprint density at radius 2 is 1.70 bits per heavy atom. The minimum Gasteiger partial charge on any atom is -0.390 e. The van der Waals surface area contributed by atoms with Crippen LogP contribution in [0.15, 0.2) is 58.1 Å². The topological polar surface area (TPSA) is 79.9 Å². The van der Waals surface area contributed by atoms with Crippen LogP contribution in [0.2, 0.25) is 0 Å². The predicted octanol–water partition coefficient (Wildman–Crippen LogP) is 1.69. The first kappa shape index (κ1) is 24.6. The number of β-amino-alcohol motifs (C(OH)–C–C–N with tert-alkyl or cyclic N) is 1. The largest absolute Gasteiger partial charge is 0.390 e. The van der Waals surface area contributed by atoms with Crippen LogP contribution in [-0.4, -0.2) is 76.1 Å². The molecule has 1 spiro atoms. The summed E-state index contributed by atoms with van der Waals surface area (Å²) in [5.41, 5.74) is 2.89. The Bertz CT molecular complexity index is 1390. The number of aromatic nitrogens is 2. The van der Waals surface area contributed by atoms with E-state index >= 15 is 0 Å². The Labute approximate surface area is 216 Å². The predicted molar refractivity (Wildman–Crippen MR) is 143 cm³/mol. The van der Waals surface area contributed by atoms with Crippen LogP contribution in [0.1, 0.15) is 24.0 Å². The van der Waals surface area contributed by atoms with Crippen molar-refractivity contribution in [3.05, 3.63) is 80.5 Å². The maximum absolute atomic E-state index is 13.6. The number of benzene rings is 2. The van der Waals surface area contributed by atoms with Crippen molar-refractivity contribution in [2.24, 2.45) is 5.41 Å². The smallest absolute Gasteiger partial charge is 0.331 e. The second-order valence-electron chi connectivity index (χ2n) is 11.1. The molecule has 2 aromatic carbocycles. The van der Waals surface area contributed by atoms with Gasteiger partial charge in [-0.25, -0.2) is 4.79 Å². The Balaban J connectivity index is 1.20. The van der Waals surface area contributed by atoms with E-state index in [0.717, 1.165) is 65.2 Å². The second-order valence-corrected chi connectivity index (χ2v) is 11.1. The van der Waals surface area contributed by atoms with Gasteiger partial charge in [0.25, 0.3) is 5.56 Å². The zero-order valence-corrected chi connectivity index (χ0v) is 21.3. The lowest BCUT2D eigenvalue weighted by atomic mass is 9.87. The van der Waals surface area contributed by atoms with Gasteiger partial charge in [0.05, 0.1) is 30.2 Å². The third-order valence-electron chi connectivity index (χ3n) is 8.55. The van der Waals surface area contributed by atoms with Crippen molar-refractivity contribution >= 4 is 10.9 Å². The van der Waals surface area contributed by atoms with Gasteiger partial charge in [-0.2, -0.15) is 0 Å². The van der Waals surface area contributed by atoms with E-state index in [1.165, 1.54) is 15.7 Å². The first-order valence-corrected chi connectivity index (χ1v) is 13.5. The SMILES string of the molecule is O=c1c2ccccc2n(CCN2CCC3(CCOC3)C2)c(=O)n1CC(O)CN1CCc2ccccc2C1. The van der Waals surface area contributed by atoms with Crippen LogP contribution in [0.4, 0.5) is 0 Å². The number of likely N-dealkylation sites (tertiary alicyclic amines) is 1. The average molecular weight is 505 g/mol. The van der Waals surface area contributed by atoms with Crippen LogP contribution in [0, 0.1) is 5.41 Å². The normalized spacial score (nSPS) is 23.2. The number of hydrogen-bond donors (Lipinski definition) is 1. The van der Waals surface area contributed by atoms with E-state index in [4.69, 9.17) is 4.74 Å².